The molecular weight excluding hydrogens is 758 g/mol. The second-order valence-corrected chi connectivity index (χ2v) is 17.1. The van der Waals surface area contributed by atoms with Gasteiger partial charge in [0, 0.05) is 13.0 Å². The summed E-state index contributed by atoms with van der Waals surface area (Å²) in [5.41, 5.74) is 0. The minimum absolute atomic E-state index is 0.00678. The van der Waals surface area contributed by atoms with E-state index in [1.807, 2.05) is 21.1 Å². The molecule has 0 aliphatic heterocycles. The Labute approximate surface area is 361 Å². The molecule has 0 bridgehead atoms. The molecule has 9 heteroatoms. The molecule has 0 saturated heterocycles. The van der Waals surface area contributed by atoms with Gasteiger partial charge in [0.25, 0.3) is 7.82 Å². The average molecular weight is 842 g/mol. The highest BCUT2D eigenvalue weighted by atomic mass is 31.2. The highest BCUT2D eigenvalue weighted by Gasteiger charge is 2.20. The molecule has 59 heavy (non-hydrogen) atoms. The third-order valence-corrected chi connectivity index (χ3v) is 9.78. The van der Waals surface area contributed by atoms with Crippen molar-refractivity contribution < 1.29 is 37.3 Å². The first-order valence-electron chi connectivity index (χ1n) is 22.6. The fourth-order valence-corrected chi connectivity index (χ4v) is 6.13. The van der Waals surface area contributed by atoms with Gasteiger partial charge in [-0.25, -0.2) is 0 Å². The van der Waals surface area contributed by atoms with Crippen LogP contribution >= 0.6 is 7.82 Å². The molecule has 0 N–H and O–H groups in total. The molecule has 0 radical (unpaired) electrons. The predicted octanol–water partition coefficient (Wildman–Crippen LogP) is 13.0. The van der Waals surface area contributed by atoms with Gasteiger partial charge in [0.2, 0.25) is 0 Å². The van der Waals surface area contributed by atoms with E-state index in [0.717, 1.165) is 103 Å². The van der Waals surface area contributed by atoms with Crippen molar-refractivity contribution in [2.45, 2.75) is 148 Å². The Kier molecular flexibility index (Phi) is 39.9. The van der Waals surface area contributed by atoms with E-state index in [0.29, 0.717) is 17.6 Å². The van der Waals surface area contributed by atoms with E-state index in [2.05, 4.69) is 123 Å². The molecule has 0 aliphatic rings. The molecule has 2 unspecified atom stereocenters. The zero-order chi connectivity index (χ0) is 43.4. The lowest BCUT2D eigenvalue weighted by atomic mass is 10.1. The Bertz CT molecular complexity index is 1300. The van der Waals surface area contributed by atoms with Crippen LogP contribution < -0.4 is 4.89 Å². The van der Waals surface area contributed by atoms with Gasteiger partial charge in [-0.15, -0.1) is 0 Å². The van der Waals surface area contributed by atoms with Gasteiger partial charge in [-0.2, -0.15) is 0 Å². The van der Waals surface area contributed by atoms with Gasteiger partial charge in [-0.3, -0.25) is 9.36 Å². The Hall–Kier alpha value is -2.84. The molecule has 0 fully saturated rings. The molecule has 0 aliphatic carbocycles. The van der Waals surface area contributed by atoms with Crippen LogP contribution in [0.5, 0.6) is 0 Å². The molecule has 0 spiro atoms. The number of ether oxygens (including phenoxy) is 2. The Morgan fingerprint density at radius 2 is 0.932 bits per heavy atom. The van der Waals surface area contributed by atoms with E-state index < -0.39 is 13.9 Å². The van der Waals surface area contributed by atoms with Gasteiger partial charge < -0.3 is 27.9 Å². The third-order valence-electron chi connectivity index (χ3n) is 8.82. The number of unbranched alkanes of at least 4 members (excludes halogenated alkanes) is 8. The largest absolute Gasteiger partial charge is 0.756 e. The molecule has 0 saturated carbocycles. The van der Waals surface area contributed by atoms with Crippen molar-refractivity contribution in [3.05, 3.63) is 109 Å². The monoisotopic (exact) mass is 842 g/mol. The molecule has 0 heterocycles. The summed E-state index contributed by atoms with van der Waals surface area (Å²) < 4.78 is 34.5. The standard InChI is InChI=1S/C50H84NO7P/c1-6-8-10-12-14-16-18-20-22-23-24-25-26-27-28-29-30-31-33-35-37-39-41-43-50(52)58-49(48-57-59(53,54)56-46-44-51(3,4)5)47-55-45-42-40-38-36-34-32-21-19-17-15-13-11-9-7-2/h8-11,14-17,20-22,24-25,27-28,32,36,38,49H,6-7,12-13,18-19,23,26,29-31,33-35,37,39-48H2,1-5H3/b10-8-,11-9-,16-14-,17-15-,22-20-,25-24-,28-27-,32-21-,38-36-. The number of phosphoric ester groups is 1. The van der Waals surface area contributed by atoms with Gasteiger partial charge in [0.1, 0.15) is 19.3 Å². The summed E-state index contributed by atoms with van der Waals surface area (Å²) in [5, 5.41) is 0. The number of carbonyl (C=O) groups excluding carboxylic acids is 1. The summed E-state index contributed by atoms with van der Waals surface area (Å²) in [5.74, 6) is -0.370. The minimum atomic E-state index is -4.55. The molecular formula is C50H84NO7P. The first kappa shape index (κ1) is 56.2. The van der Waals surface area contributed by atoms with Crippen LogP contribution in [0.25, 0.3) is 0 Å². The SMILES string of the molecule is CC/C=C\C/C=C\C/C=C\C/C=C\C/C=C\CCCCCCCCCC(=O)OC(COCCC/C=C\C/C=C\C/C=C\C/C=C\CC)COP(=O)([O-])OCC[N+](C)(C)C. The third kappa shape index (κ3) is 46.1. The van der Waals surface area contributed by atoms with Gasteiger partial charge in [0.15, 0.2) is 0 Å². The zero-order valence-corrected chi connectivity index (χ0v) is 38.8. The van der Waals surface area contributed by atoms with Crippen molar-refractivity contribution in [2.24, 2.45) is 0 Å². The van der Waals surface area contributed by atoms with Gasteiger partial charge in [-0.05, 0) is 89.9 Å². The van der Waals surface area contributed by atoms with E-state index in [1.54, 1.807) is 0 Å². The van der Waals surface area contributed by atoms with E-state index in [9.17, 15) is 14.3 Å². The average Bonchev–Trinajstić information content (AvgIpc) is 3.19. The highest BCUT2D eigenvalue weighted by Crippen LogP contribution is 2.38. The van der Waals surface area contributed by atoms with Gasteiger partial charge in [0.05, 0.1) is 34.4 Å². The number of likely N-dealkylation sites (N-methyl/N-ethyl adjacent to an activating group) is 1. The van der Waals surface area contributed by atoms with Crippen LogP contribution in [-0.4, -0.2) is 70.7 Å². The molecule has 0 aromatic rings. The summed E-state index contributed by atoms with van der Waals surface area (Å²) in [7, 11) is 1.29. The summed E-state index contributed by atoms with van der Waals surface area (Å²) in [6, 6.07) is 0. The van der Waals surface area contributed by atoms with Crippen LogP contribution in [0.15, 0.2) is 109 Å². The summed E-state index contributed by atoms with van der Waals surface area (Å²) in [6.45, 7) is 4.98. The molecule has 0 amide bonds. The number of rotatable bonds is 40. The van der Waals surface area contributed by atoms with E-state index >= 15 is 0 Å². The minimum Gasteiger partial charge on any atom is -0.756 e. The van der Waals surface area contributed by atoms with Gasteiger partial charge in [-0.1, -0.05) is 155 Å². The molecule has 0 aromatic heterocycles. The second-order valence-electron chi connectivity index (χ2n) is 15.6. The predicted molar refractivity (Wildman–Crippen MR) is 249 cm³/mol. The van der Waals surface area contributed by atoms with Gasteiger partial charge >= 0.3 is 5.97 Å². The van der Waals surface area contributed by atoms with Crippen LogP contribution in [0.1, 0.15) is 142 Å². The lowest BCUT2D eigenvalue weighted by molar-refractivity contribution is -0.870. The fraction of sp³-hybridized carbons (Fsp3) is 0.620. The quantitative estimate of drug-likeness (QED) is 0.0199. The van der Waals surface area contributed by atoms with E-state index in [4.69, 9.17) is 18.5 Å². The second kappa shape index (κ2) is 41.9. The maximum Gasteiger partial charge on any atom is 0.306 e. The number of carbonyl (C=O) groups is 1. The number of esters is 1. The molecule has 336 valence electrons. The lowest BCUT2D eigenvalue weighted by Gasteiger charge is -2.28. The fourth-order valence-electron chi connectivity index (χ4n) is 5.40. The molecule has 8 nitrogen and oxygen atoms in total. The van der Waals surface area contributed by atoms with E-state index in [-0.39, 0.29) is 32.2 Å². The van der Waals surface area contributed by atoms with Crippen LogP contribution in [0.3, 0.4) is 0 Å². The van der Waals surface area contributed by atoms with Crippen molar-refractivity contribution in [1.29, 1.82) is 0 Å². The highest BCUT2D eigenvalue weighted by molar-refractivity contribution is 7.45. The van der Waals surface area contributed by atoms with Crippen molar-refractivity contribution in [3.63, 3.8) is 0 Å². The normalized spacial score (nSPS) is 14.7. The molecule has 2 atom stereocenters. The first-order chi connectivity index (χ1) is 28.6. The van der Waals surface area contributed by atoms with Crippen LogP contribution in [-0.2, 0) is 27.9 Å². The smallest absolute Gasteiger partial charge is 0.306 e. The van der Waals surface area contributed by atoms with Crippen molar-refractivity contribution >= 4 is 13.8 Å². The van der Waals surface area contributed by atoms with E-state index in [1.165, 1.54) is 19.3 Å². The number of nitrogens with zero attached hydrogens (tertiary/aromatic N) is 1. The number of hydrogen-bond acceptors (Lipinski definition) is 7. The van der Waals surface area contributed by atoms with Crippen molar-refractivity contribution in [2.75, 3.05) is 54.1 Å². The lowest BCUT2D eigenvalue weighted by Crippen LogP contribution is -2.37. The van der Waals surface area contributed by atoms with Crippen molar-refractivity contribution in [1.82, 2.24) is 0 Å². The Morgan fingerprint density at radius 3 is 1.39 bits per heavy atom. The number of hydrogen-bond donors (Lipinski definition) is 0. The first-order valence-corrected chi connectivity index (χ1v) is 24.1. The Morgan fingerprint density at radius 1 is 0.525 bits per heavy atom. The summed E-state index contributed by atoms with van der Waals surface area (Å²) in [4.78, 5) is 25.1. The molecule has 0 rings (SSSR count). The number of quaternary nitrogens is 1. The summed E-state index contributed by atoms with van der Waals surface area (Å²) in [6.07, 6.45) is 58.3. The van der Waals surface area contributed by atoms with Crippen molar-refractivity contribution in [3.8, 4) is 0 Å². The van der Waals surface area contributed by atoms with Crippen LogP contribution in [0.4, 0.5) is 0 Å². The van der Waals surface area contributed by atoms with Crippen LogP contribution in [0, 0.1) is 0 Å². The zero-order valence-electron chi connectivity index (χ0n) is 37.9. The number of phosphoric acid groups is 1. The Balaban J connectivity index is 4.31. The topological polar surface area (TPSA) is 94.1 Å². The van der Waals surface area contributed by atoms with Crippen LogP contribution in [0.2, 0.25) is 0 Å². The maximum atomic E-state index is 12.7. The summed E-state index contributed by atoms with van der Waals surface area (Å²) >= 11 is 0. The maximum absolute atomic E-state index is 12.7. The molecule has 0 aromatic carbocycles. The number of allylic oxidation sites excluding steroid dienone is 18.